The second-order valence-corrected chi connectivity index (χ2v) is 6.66. The van der Waals surface area contributed by atoms with E-state index >= 15 is 0 Å². The molecule has 1 aromatic carbocycles. The van der Waals surface area contributed by atoms with E-state index in [1.54, 1.807) is 25.6 Å². The summed E-state index contributed by atoms with van der Waals surface area (Å²) < 4.78 is 28.5. The Balaban J connectivity index is 2.96. The zero-order chi connectivity index (χ0) is 15.6. The lowest BCUT2D eigenvalue weighted by Crippen LogP contribution is -2.00. The highest BCUT2D eigenvalue weighted by Crippen LogP contribution is 2.53. The number of rotatable bonds is 10. The molecular weight excluding hydrogens is 307 g/mol. The fraction of sp³-hybridized carbons (Fsp3) is 0.467. The van der Waals surface area contributed by atoms with Crippen molar-refractivity contribution in [3.63, 3.8) is 0 Å². The van der Waals surface area contributed by atoms with Crippen LogP contribution in [0.25, 0.3) is 5.76 Å². The number of hydrogen-bond acceptors (Lipinski definition) is 5. The topological polar surface area (TPSA) is 44.8 Å². The molecule has 0 aromatic heterocycles. The van der Waals surface area contributed by atoms with Gasteiger partial charge in [0.1, 0.15) is 5.76 Å². The van der Waals surface area contributed by atoms with Gasteiger partial charge in [-0.2, -0.15) is 0 Å². The van der Waals surface area contributed by atoms with Gasteiger partial charge < -0.3 is 4.52 Å². The summed E-state index contributed by atoms with van der Waals surface area (Å²) in [4.78, 5) is 0. The van der Waals surface area contributed by atoms with Crippen LogP contribution in [0.4, 0.5) is 0 Å². The molecule has 4 nitrogen and oxygen atoms in total. The van der Waals surface area contributed by atoms with Gasteiger partial charge in [0.15, 0.2) is 0 Å². The number of thioether (sulfide) groups is 1. The molecule has 0 amide bonds. The second-order valence-electron chi connectivity index (χ2n) is 4.09. The van der Waals surface area contributed by atoms with Crippen LogP contribution in [0.1, 0.15) is 32.8 Å². The molecule has 0 bridgehead atoms. The summed E-state index contributed by atoms with van der Waals surface area (Å²) in [5.74, 6) is 1.48. The van der Waals surface area contributed by atoms with Crippen molar-refractivity contribution in [2.24, 2.45) is 0 Å². The predicted molar refractivity (Wildman–Crippen MR) is 89.1 cm³/mol. The largest absolute Gasteiger partial charge is 0.530 e. The van der Waals surface area contributed by atoms with Crippen molar-refractivity contribution in [2.75, 3.05) is 19.0 Å². The van der Waals surface area contributed by atoms with Gasteiger partial charge in [0, 0.05) is 11.0 Å². The van der Waals surface area contributed by atoms with Gasteiger partial charge in [0.25, 0.3) is 0 Å². The molecule has 6 heteroatoms. The first-order valence-corrected chi connectivity index (χ1v) is 9.62. The van der Waals surface area contributed by atoms with Crippen LogP contribution in [-0.2, 0) is 18.1 Å². The number of phosphoric acid groups is 1. The van der Waals surface area contributed by atoms with Crippen LogP contribution in [0.3, 0.4) is 0 Å². The second kappa shape index (κ2) is 10.1. The summed E-state index contributed by atoms with van der Waals surface area (Å²) in [6.07, 6.45) is 1.05. The lowest BCUT2D eigenvalue weighted by Gasteiger charge is -2.19. The van der Waals surface area contributed by atoms with Crippen LogP contribution in [0, 0.1) is 0 Å². The molecule has 0 radical (unpaired) electrons. The fourth-order valence-electron chi connectivity index (χ4n) is 1.52. The Morgan fingerprint density at radius 1 is 1.14 bits per heavy atom. The summed E-state index contributed by atoms with van der Waals surface area (Å²) in [7, 11) is -3.57. The maximum atomic E-state index is 12.5. The Morgan fingerprint density at radius 3 is 2.29 bits per heavy atom. The lowest BCUT2D eigenvalue weighted by atomic mass is 10.2. The fourth-order valence-corrected chi connectivity index (χ4v) is 3.50. The first kappa shape index (κ1) is 18.3. The van der Waals surface area contributed by atoms with Crippen LogP contribution in [0.5, 0.6) is 0 Å². The van der Waals surface area contributed by atoms with Crippen molar-refractivity contribution in [2.45, 2.75) is 27.2 Å². The van der Waals surface area contributed by atoms with Crippen LogP contribution in [0.2, 0.25) is 0 Å². The van der Waals surface area contributed by atoms with E-state index in [9.17, 15) is 4.57 Å². The minimum absolute atomic E-state index is 0.265. The molecule has 0 saturated carbocycles. The van der Waals surface area contributed by atoms with E-state index in [4.69, 9.17) is 13.6 Å². The first-order valence-electron chi connectivity index (χ1n) is 7.11. The Labute approximate surface area is 131 Å². The summed E-state index contributed by atoms with van der Waals surface area (Å²) in [6, 6.07) is 9.54. The zero-order valence-corrected chi connectivity index (χ0v) is 14.5. The number of hydrogen-bond donors (Lipinski definition) is 0. The third-order valence-corrected chi connectivity index (χ3v) is 4.95. The zero-order valence-electron chi connectivity index (χ0n) is 12.8. The molecule has 0 aliphatic carbocycles. The number of benzene rings is 1. The first-order chi connectivity index (χ1) is 10.1. The predicted octanol–water partition coefficient (Wildman–Crippen LogP) is 5.33. The van der Waals surface area contributed by atoms with E-state index < -0.39 is 7.82 Å². The molecule has 0 unspecified atom stereocenters. The van der Waals surface area contributed by atoms with Crippen molar-refractivity contribution in [1.29, 1.82) is 0 Å². The highest BCUT2D eigenvalue weighted by Gasteiger charge is 2.28. The van der Waals surface area contributed by atoms with E-state index in [1.807, 2.05) is 35.7 Å². The Kier molecular flexibility index (Phi) is 8.77. The molecule has 0 aliphatic rings. The lowest BCUT2D eigenvalue weighted by molar-refractivity contribution is 0.159. The van der Waals surface area contributed by atoms with Crippen LogP contribution < -0.4 is 0 Å². The van der Waals surface area contributed by atoms with Crippen molar-refractivity contribution in [1.82, 2.24) is 0 Å². The molecule has 0 saturated heterocycles. The summed E-state index contributed by atoms with van der Waals surface area (Å²) >= 11 is 1.61. The molecular formula is C15H23O4PS. The standard InChI is InChI=1S/C15H23O4PS/c1-4-12-21-13-15(14-10-8-7-9-11-14)19-20(16,17-5-2)18-6-3/h7-11,13H,4-6,12H2,1-3H3. The van der Waals surface area contributed by atoms with Gasteiger partial charge in [-0.3, -0.25) is 9.05 Å². The highest BCUT2D eigenvalue weighted by atomic mass is 32.2. The van der Waals surface area contributed by atoms with Crippen molar-refractivity contribution in [3.8, 4) is 0 Å². The molecule has 0 atom stereocenters. The minimum Gasteiger partial charge on any atom is -0.403 e. The number of phosphoric ester groups is 1. The molecule has 0 spiro atoms. The van der Waals surface area contributed by atoms with Crippen LogP contribution in [-0.4, -0.2) is 19.0 Å². The van der Waals surface area contributed by atoms with E-state index in [1.165, 1.54) is 0 Å². The van der Waals surface area contributed by atoms with Gasteiger partial charge in [-0.1, -0.05) is 37.3 Å². The quantitative estimate of drug-likeness (QED) is 0.330. The normalized spacial score (nSPS) is 12.4. The minimum atomic E-state index is -3.57. The highest BCUT2D eigenvalue weighted by molar-refractivity contribution is 8.02. The van der Waals surface area contributed by atoms with E-state index in [0.29, 0.717) is 5.76 Å². The third kappa shape index (κ3) is 6.70. The SMILES string of the molecule is CCCSC=C(OP(=O)(OCC)OCC)c1ccccc1. The van der Waals surface area contributed by atoms with Crippen molar-refractivity contribution in [3.05, 3.63) is 41.3 Å². The maximum Gasteiger partial charge on any atom is 0.530 e. The van der Waals surface area contributed by atoms with E-state index in [-0.39, 0.29) is 13.2 Å². The van der Waals surface area contributed by atoms with Crippen LogP contribution in [0.15, 0.2) is 35.7 Å². The van der Waals surface area contributed by atoms with Gasteiger partial charge in [-0.15, -0.1) is 11.8 Å². The molecule has 0 heterocycles. The Morgan fingerprint density at radius 2 is 1.76 bits per heavy atom. The Bertz CT molecular complexity index is 466. The molecule has 118 valence electrons. The third-order valence-electron chi connectivity index (χ3n) is 2.36. The van der Waals surface area contributed by atoms with Gasteiger partial charge in [0.2, 0.25) is 0 Å². The molecule has 0 fully saturated rings. The van der Waals surface area contributed by atoms with Crippen LogP contribution >= 0.6 is 19.6 Å². The van der Waals surface area contributed by atoms with Crippen molar-refractivity contribution < 1.29 is 18.1 Å². The summed E-state index contributed by atoms with van der Waals surface area (Å²) in [6.45, 7) is 6.15. The summed E-state index contributed by atoms with van der Waals surface area (Å²) in [5, 5.41) is 1.86. The maximum absolute atomic E-state index is 12.5. The monoisotopic (exact) mass is 330 g/mol. The van der Waals surface area contributed by atoms with Gasteiger partial charge in [0.05, 0.1) is 13.2 Å². The van der Waals surface area contributed by atoms with E-state index in [0.717, 1.165) is 17.7 Å². The average molecular weight is 330 g/mol. The molecule has 0 aliphatic heterocycles. The van der Waals surface area contributed by atoms with Gasteiger partial charge in [-0.05, 0) is 26.0 Å². The molecule has 1 aromatic rings. The van der Waals surface area contributed by atoms with E-state index in [2.05, 4.69) is 6.92 Å². The smallest absolute Gasteiger partial charge is 0.403 e. The van der Waals surface area contributed by atoms with Gasteiger partial charge in [-0.25, -0.2) is 4.57 Å². The molecule has 0 N–H and O–H groups in total. The average Bonchev–Trinajstić information content (AvgIpc) is 2.48. The van der Waals surface area contributed by atoms with Gasteiger partial charge >= 0.3 is 7.82 Å². The Hall–Kier alpha value is -0.740. The van der Waals surface area contributed by atoms with Crippen molar-refractivity contribution >= 4 is 25.3 Å². The molecule has 21 heavy (non-hydrogen) atoms. The summed E-state index contributed by atoms with van der Waals surface area (Å²) in [5.41, 5.74) is 0.848. The molecule has 1 rings (SSSR count).